The van der Waals surface area contributed by atoms with E-state index >= 15 is 0 Å². The number of ketones is 1. The van der Waals surface area contributed by atoms with Gasteiger partial charge >= 0.3 is 5.76 Å². The van der Waals surface area contributed by atoms with Crippen LogP contribution in [0.25, 0.3) is 11.1 Å². The van der Waals surface area contributed by atoms with Gasteiger partial charge in [0.1, 0.15) is 11.6 Å². The van der Waals surface area contributed by atoms with Crippen molar-refractivity contribution in [3.05, 3.63) is 68.7 Å². The van der Waals surface area contributed by atoms with Crippen molar-refractivity contribution in [2.75, 3.05) is 0 Å². The van der Waals surface area contributed by atoms with Crippen LogP contribution in [-0.2, 0) is 0 Å². The number of oxazole rings is 1. The minimum absolute atomic E-state index is 0.0489. The van der Waals surface area contributed by atoms with Crippen molar-refractivity contribution < 1.29 is 18.0 Å². The minimum atomic E-state index is -0.994. The van der Waals surface area contributed by atoms with Gasteiger partial charge < -0.3 is 4.42 Å². The van der Waals surface area contributed by atoms with Crippen LogP contribution >= 0.6 is 11.6 Å². The first kappa shape index (κ1) is 13.5. The smallest absolute Gasteiger partial charge is 0.408 e. The van der Waals surface area contributed by atoms with Gasteiger partial charge in [0.2, 0.25) is 5.78 Å². The maximum Gasteiger partial charge on any atom is 0.417 e. The first-order valence-corrected chi connectivity index (χ1v) is 6.16. The summed E-state index contributed by atoms with van der Waals surface area (Å²) < 4.78 is 32.1. The Balaban J connectivity index is 2.22. The largest absolute Gasteiger partial charge is 0.417 e. The van der Waals surface area contributed by atoms with Gasteiger partial charge in [-0.1, -0.05) is 17.7 Å². The van der Waals surface area contributed by atoms with E-state index in [4.69, 9.17) is 16.0 Å². The molecule has 21 heavy (non-hydrogen) atoms. The Morgan fingerprint density at radius 2 is 1.86 bits per heavy atom. The molecule has 106 valence electrons. The van der Waals surface area contributed by atoms with Crippen LogP contribution in [0.1, 0.15) is 15.9 Å². The molecule has 0 atom stereocenters. The fourth-order valence-corrected chi connectivity index (χ4v) is 2.24. The third-order valence-electron chi connectivity index (χ3n) is 2.94. The summed E-state index contributed by atoms with van der Waals surface area (Å²) in [6.45, 7) is 0. The highest BCUT2D eigenvalue weighted by molar-refractivity contribution is 6.35. The molecule has 0 saturated heterocycles. The molecule has 0 radical (unpaired) electrons. The lowest BCUT2D eigenvalue weighted by Gasteiger charge is -2.06. The summed E-state index contributed by atoms with van der Waals surface area (Å²) >= 11 is 5.93. The molecule has 0 saturated carbocycles. The van der Waals surface area contributed by atoms with E-state index < -0.39 is 28.7 Å². The van der Waals surface area contributed by atoms with Gasteiger partial charge in [-0.2, -0.15) is 0 Å². The molecule has 1 N–H and O–H groups in total. The number of fused-ring (bicyclic) bond motifs is 1. The first-order chi connectivity index (χ1) is 9.97. The summed E-state index contributed by atoms with van der Waals surface area (Å²) in [6, 6.07) is 5.55. The Kier molecular flexibility index (Phi) is 3.10. The van der Waals surface area contributed by atoms with E-state index in [1.54, 1.807) is 0 Å². The molecule has 0 spiro atoms. The summed E-state index contributed by atoms with van der Waals surface area (Å²) in [6.07, 6.45) is 0. The van der Waals surface area contributed by atoms with Gasteiger partial charge in [-0.25, -0.2) is 13.6 Å². The van der Waals surface area contributed by atoms with Crippen molar-refractivity contribution in [3.63, 3.8) is 0 Å². The van der Waals surface area contributed by atoms with E-state index in [-0.39, 0.29) is 21.7 Å². The van der Waals surface area contributed by atoms with Crippen LogP contribution in [-0.4, -0.2) is 10.8 Å². The zero-order valence-electron chi connectivity index (χ0n) is 10.2. The molecule has 2 aromatic carbocycles. The lowest BCUT2D eigenvalue weighted by Crippen LogP contribution is -2.08. The normalized spacial score (nSPS) is 11.0. The molecule has 3 rings (SSSR count). The molecule has 0 unspecified atom stereocenters. The Labute approximate surface area is 121 Å². The van der Waals surface area contributed by atoms with Crippen LogP contribution in [0.5, 0.6) is 0 Å². The first-order valence-electron chi connectivity index (χ1n) is 5.78. The Morgan fingerprint density at radius 1 is 1.19 bits per heavy atom. The van der Waals surface area contributed by atoms with Crippen LogP contribution in [0.4, 0.5) is 8.78 Å². The number of halogens is 3. The van der Waals surface area contributed by atoms with Crippen LogP contribution in [0, 0.1) is 11.6 Å². The molecule has 4 nitrogen and oxygen atoms in total. The lowest BCUT2D eigenvalue weighted by molar-refractivity contribution is 0.103. The monoisotopic (exact) mass is 309 g/mol. The van der Waals surface area contributed by atoms with Gasteiger partial charge in [0.25, 0.3) is 0 Å². The highest BCUT2D eigenvalue weighted by Gasteiger charge is 2.22. The number of carbonyl (C=O) groups is 1. The van der Waals surface area contributed by atoms with Gasteiger partial charge in [0.15, 0.2) is 5.58 Å². The van der Waals surface area contributed by atoms with E-state index in [0.717, 1.165) is 18.2 Å². The fraction of sp³-hybridized carbons (Fsp3) is 0. The molecular formula is C14H6ClF2NO3. The molecule has 1 aromatic heterocycles. The van der Waals surface area contributed by atoms with E-state index in [1.807, 2.05) is 0 Å². The van der Waals surface area contributed by atoms with Crippen molar-refractivity contribution >= 4 is 28.5 Å². The maximum atomic E-state index is 13.7. The molecule has 1 heterocycles. The topological polar surface area (TPSA) is 63.1 Å². The van der Waals surface area contributed by atoms with Crippen LogP contribution in [0.2, 0.25) is 5.02 Å². The zero-order valence-corrected chi connectivity index (χ0v) is 11.0. The summed E-state index contributed by atoms with van der Waals surface area (Å²) in [5, 5.41) is -0.0489. The maximum absolute atomic E-state index is 13.7. The number of aromatic amines is 1. The van der Waals surface area contributed by atoms with Crippen LogP contribution in [0.15, 0.2) is 39.5 Å². The van der Waals surface area contributed by atoms with E-state index in [9.17, 15) is 18.4 Å². The lowest BCUT2D eigenvalue weighted by atomic mass is 10.0. The van der Waals surface area contributed by atoms with Gasteiger partial charge in [-0.3, -0.25) is 9.78 Å². The predicted molar refractivity (Wildman–Crippen MR) is 71.6 cm³/mol. The van der Waals surface area contributed by atoms with E-state index in [2.05, 4.69) is 4.98 Å². The van der Waals surface area contributed by atoms with Crippen molar-refractivity contribution in [2.24, 2.45) is 0 Å². The molecular weight excluding hydrogens is 304 g/mol. The van der Waals surface area contributed by atoms with Gasteiger partial charge in [0.05, 0.1) is 16.1 Å². The number of aromatic nitrogens is 1. The number of hydrogen-bond donors (Lipinski definition) is 1. The molecule has 7 heteroatoms. The molecule has 0 fully saturated rings. The van der Waals surface area contributed by atoms with Crippen LogP contribution < -0.4 is 5.76 Å². The molecule has 0 bridgehead atoms. The number of nitrogens with one attached hydrogen (secondary N) is 1. The van der Waals surface area contributed by atoms with Crippen LogP contribution in [0.3, 0.4) is 0 Å². The summed E-state index contributed by atoms with van der Waals surface area (Å²) in [7, 11) is 0. The van der Waals surface area contributed by atoms with Crippen molar-refractivity contribution in [2.45, 2.75) is 0 Å². The highest BCUT2D eigenvalue weighted by Crippen LogP contribution is 2.26. The third-order valence-corrected chi connectivity index (χ3v) is 3.26. The second kappa shape index (κ2) is 4.82. The Bertz CT molecular complexity index is 909. The number of benzene rings is 2. The second-order valence-corrected chi connectivity index (χ2v) is 4.68. The fourth-order valence-electron chi connectivity index (χ4n) is 1.99. The number of rotatable bonds is 2. The average Bonchev–Trinajstić information content (AvgIpc) is 2.76. The Hall–Kier alpha value is -2.47. The second-order valence-electron chi connectivity index (χ2n) is 4.27. The van der Waals surface area contributed by atoms with Gasteiger partial charge in [0, 0.05) is 5.56 Å². The highest BCUT2D eigenvalue weighted by atomic mass is 35.5. The molecule has 3 aromatic rings. The standard InChI is InChI=1S/C14H6ClF2NO3/c15-7-5-10-11(21-14(20)18-10)4-6(7)13(19)12-8(16)2-1-3-9(12)17/h1-5H,(H,18,20). The van der Waals surface area contributed by atoms with E-state index in [1.165, 1.54) is 12.1 Å². The minimum Gasteiger partial charge on any atom is -0.408 e. The number of H-pyrrole nitrogens is 1. The van der Waals surface area contributed by atoms with Crippen molar-refractivity contribution in [3.8, 4) is 0 Å². The van der Waals surface area contributed by atoms with E-state index in [0.29, 0.717) is 0 Å². The number of hydrogen-bond acceptors (Lipinski definition) is 3. The van der Waals surface area contributed by atoms with Gasteiger partial charge in [-0.15, -0.1) is 0 Å². The summed E-state index contributed by atoms with van der Waals surface area (Å²) in [5.74, 6) is -3.64. The third kappa shape index (κ3) is 2.23. The van der Waals surface area contributed by atoms with Crippen molar-refractivity contribution in [1.82, 2.24) is 4.98 Å². The average molecular weight is 310 g/mol. The van der Waals surface area contributed by atoms with Crippen molar-refractivity contribution in [1.29, 1.82) is 0 Å². The zero-order chi connectivity index (χ0) is 15.1. The molecule has 0 aliphatic rings. The molecule has 0 amide bonds. The Morgan fingerprint density at radius 3 is 2.52 bits per heavy atom. The number of carbonyl (C=O) groups excluding carboxylic acids is 1. The summed E-state index contributed by atoms with van der Waals surface area (Å²) in [4.78, 5) is 25.7. The molecule has 0 aliphatic carbocycles. The SMILES string of the molecule is O=C(c1cc2oc(=O)[nH]c2cc1Cl)c1c(F)cccc1F. The summed E-state index contributed by atoms with van der Waals surface area (Å²) in [5.41, 5.74) is -0.507. The predicted octanol–water partition coefficient (Wildman–Crippen LogP) is 3.28. The molecule has 0 aliphatic heterocycles. The quantitative estimate of drug-likeness (QED) is 0.739. The van der Waals surface area contributed by atoms with Gasteiger partial charge in [-0.05, 0) is 24.3 Å².